The van der Waals surface area contributed by atoms with Crippen molar-refractivity contribution in [1.82, 2.24) is 0 Å². The number of hydrogen-bond acceptors (Lipinski definition) is 3. The van der Waals surface area contributed by atoms with Crippen LogP contribution < -0.4 is 0 Å². The summed E-state index contributed by atoms with van der Waals surface area (Å²) < 4.78 is 0. The van der Waals surface area contributed by atoms with Gasteiger partial charge in [0.05, 0.1) is 5.92 Å². The second kappa shape index (κ2) is 5.14. The van der Waals surface area contributed by atoms with Gasteiger partial charge in [0.25, 0.3) is 0 Å². The molecule has 3 nitrogen and oxygen atoms in total. The number of hydrogen-bond donors (Lipinski definition) is 1. The molecule has 0 spiro atoms. The highest BCUT2D eigenvalue weighted by Crippen LogP contribution is 2.63. The van der Waals surface area contributed by atoms with Gasteiger partial charge in [-0.1, -0.05) is 32.4 Å². The molecule has 0 aromatic rings. The smallest absolute Gasteiger partial charge is 0.172 e. The topological polar surface area (TPSA) is 54.4 Å². The maximum Gasteiger partial charge on any atom is 0.172 e. The highest BCUT2D eigenvalue weighted by Gasteiger charge is 2.58. The highest BCUT2D eigenvalue weighted by molar-refractivity contribution is 6.09. The van der Waals surface area contributed by atoms with Crippen LogP contribution in [0, 0.1) is 29.1 Å². The van der Waals surface area contributed by atoms with Crippen LogP contribution in [0.25, 0.3) is 0 Å². The number of ketones is 2. The maximum absolute atomic E-state index is 13.0. The van der Waals surface area contributed by atoms with E-state index in [2.05, 4.69) is 13.8 Å². The molecule has 3 heteroatoms. The molecule has 126 valence electrons. The molecule has 0 amide bonds. The molecule has 1 fully saturated rings. The Kier molecular flexibility index (Phi) is 3.72. The van der Waals surface area contributed by atoms with Crippen molar-refractivity contribution in [3.63, 3.8) is 0 Å². The molecule has 0 unspecified atom stereocenters. The van der Waals surface area contributed by atoms with E-state index in [1.165, 1.54) is 6.08 Å². The summed E-state index contributed by atoms with van der Waals surface area (Å²) in [5.41, 5.74) is 0.242. The average molecular weight is 316 g/mol. The van der Waals surface area contributed by atoms with Crippen molar-refractivity contribution < 1.29 is 14.7 Å². The van der Waals surface area contributed by atoms with Gasteiger partial charge in [0.2, 0.25) is 0 Å². The lowest BCUT2D eigenvalue weighted by Crippen LogP contribution is -2.46. The lowest BCUT2D eigenvalue weighted by atomic mass is 9.78. The summed E-state index contributed by atoms with van der Waals surface area (Å²) in [5, 5.41) is 11.1. The molecular weight excluding hydrogens is 288 g/mol. The van der Waals surface area contributed by atoms with E-state index in [1.54, 1.807) is 6.92 Å². The molecule has 3 aliphatic rings. The Morgan fingerprint density at radius 2 is 1.83 bits per heavy atom. The Balaban J connectivity index is 2.00. The van der Waals surface area contributed by atoms with Gasteiger partial charge in [-0.15, -0.1) is 0 Å². The molecule has 0 bridgehead atoms. The van der Waals surface area contributed by atoms with Crippen molar-refractivity contribution in [2.24, 2.45) is 29.1 Å². The first-order valence-corrected chi connectivity index (χ1v) is 8.76. The molecule has 0 saturated heterocycles. The van der Waals surface area contributed by atoms with Crippen molar-refractivity contribution >= 4 is 11.6 Å². The van der Waals surface area contributed by atoms with Gasteiger partial charge in [0.15, 0.2) is 17.2 Å². The standard InChI is InChI=1S/C20H28O3/c1-11-6-7-14-15(19(14,4)5)9-12(2)18(22)20(23)10-13(3)17(21)16(20)8-11/h8,10,12,14-16,23H,6-7,9H2,1-5H3/b11-8-/t12-,14+,15-,16+,20-/m1/s1. The summed E-state index contributed by atoms with van der Waals surface area (Å²) in [6.07, 6.45) is 6.19. The van der Waals surface area contributed by atoms with Gasteiger partial charge in [-0.2, -0.15) is 0 Å². The summed E-state index contributed by atoms with van der Waals surface area (Å²) in [4.78, 5) is 25.4. The summed E-state index contributed by atoms with van der Waals surface area (Å²) >= 11 is 0. The third-order valence-corrected chi connectivity index (χ3v) is 6.62. The first kappa shape index (κ1) is 16.6. The fourth-order valence-electron chi connectivity index (χ4n) is 4.90. The van der Waals surface area contributed by atoms with E-state index in [0.717, 1.165) is 24.8 Å². The zero-order valence-electron chi connectivity index (χ0n) is 14.8. The van der Waals surface area contributed by atoms with Crippen LogP contribution in [0.3, 0.4) is 0 Å². The predicted molar refractivity (Wildman–Crippen MR) is 89.7 cm³/mol. The number of rotatable bonds is 0. The third-order valence-electron chi connectivity index (χ3n) is 6.62. The molecule has 0 aromatic carbocycles. The monoisotopic (exact) mass is 316 g/mol. The summed E-state index contributed by atoms with van der Waals surface area (Å²) in [6.45, 7) is 10.2. The van der Waals surface area contributed by atoms with Crippen LogP contribution in [-0.4, -0.2) is 22.3 Å². The molecule has 0 radical (unpaired) electrons. The Hall–Kier alpha value is -1.22. The summed E-state index contributed by atoms with van der Waals surface area (Å²) in [5.74, 6) is -0.0890. The van der Waals surface area contributed by atoms with Crippen LogP contribution >= 0.6 is 0 Å². The molecule has 0 aromatic heterocycles. The van der Waals surface area contributed by atoms with Gasteiger partial charge < -0.3 is 5.11 Å². The van der Waals surface area contributed by atoms with Crippen LogP contribution in [0.4, 0.5) is 0 Å². The Morgan fingerprint density at radius 3 is 2.48 bits per heavy atom. The van der Waals surface area contributed by atoms with E-state index in [9.17, 15) is 14.7 Å². The van der Waals surface area contributed by atoms with Gasteiger partial charge in [-0.3, -0.25) is 9.59 Å². The van der Waals surface area contributed by atoms with Crippen molar-refractivity contribution in [1.29, 1.82) is 0 Å². The van der Waals surface area contributed by atoms with Crippen LogP contribution in [0.5, 0.6) is 0 Å². The molecular formula is C20H28O3. The largest absolute Gasteiger partial charge is 0.377 e. The SMILES string of the molecule is CC1=C[C@]2(O)C(=O)[C@H](C)C[C@@H]3[C@H](CC/C(C)=C\[C@H]2C1=O)C3(C)C. The molecule has 5 atom stereocenters. The molecule has 1 N–H and O–H groups in total. The van der Waals surface area contributed by atoms with Gasteiger partial charge in [-0.05, 0) is 62.0 Å². The van der Waals surface area contributed by atoms with Crippen LogP contribution in [0.2, 0.25) is 0 Å². The van der Waals surface area contributed by atoms with Crippen LogP contribution in [0.15, 0.2) is 23.3 Å². The summed E-state index contributed by atoms with van der Waals surface area (Å²) in [6, 6.07) is 0. The van der Waals surface area contributed by atoms with Gasteiger partial charge in [-0.25, -0.2) is 0 Å². The molecule has 0 heterocycles. The van der Waals surface area contributed by atoms with Gasteiger partial charge >= 0.3 is 0 Å². The molecule has 3 rings (SSSR count). The molecule has 1 saturated carbocycles. The maximum atomic E-state index is 13.0. The predicted octanol–water partition coefficient (Wildman–Crippen LogP) is 3.47. The minimum atomic E-state index is -1.65. The van der Waals surface area contributed by atoms with E-state index in [4.69, 9.17) is 0 Å². The Morgan fingerprint density at radius 1 is 1.17 bits per heavy atom. The van der Waals surface area contributed by atoms with E-state index < -0.39 is 11.5 Å². The minimum Gasteiger partial charge on any atom is -0.377 e. The first-order valence-electron chi connectivity index (χ1n) is 8.76. The lowest BCUT2D eigenvalue weighted by molar-refractivity contribution is -0.142. The summed E-state index contributed by atoms with van der Waals surface area (Å²) in [7, 11) is 0. The number of fused-ring (bicyclic) bond motifs is 2. The fraction of sp³-hybridized carbons (Fsp3) is 0.700. The zero-order valence-corrected chi connectivity index (χ0v) is 14.8. The minimum absolute atomic E-state index is 0.114. The molecule has 3 aliphatic carbocycles. The first-order chi connectivity index (χ1) is 10.6. The van der Waals surface area contributed by atoms with E-state index in [0.29, 0.717) is 17.4 Å². The zero-order chi connectivity index (χ0) is 17.2. The second-order valence-corrected chi connectivity index (χ2v) is 8.58. The average Bonchev–Trinajstić information content (AvgIpc) is 2.90. The number of aliphatic hydroxyl groups is 1. The second-order valence-electron chi connectivity index (χ2n) is 8.58. The van der Waals surface area contributed by atoms with Crippen LogP contribution in [0.1, 0.15) is 53.9 Å². The van der Waals surface area contributed by atoms with E-state index in [1.807, 2.05) is 19.9 Å². The number of carbonyl (C=O) groups is 2. The quantitative estimate of drug-likeness (QED) is 0.696. The molecule has 0 aliphatic heterocycles. The van der Waals surface area contributed by atoms with E-state index in [-0.39, 0.29) is 22.9 Å². The fourth-order valence-corrected chi connectivity index (χ4v) is 4.90. The number of allylic oxidation sites excluding steroid dienone is 2. The molecule has 23 heavy (non-hydrogen) atoms. The normalized spacial score (nSPS) is 45.3. The number of Topliss-reactive ketones (excluding diaryl/α,β-unsaturated/α-hetero) is 2. The van der Waals surface area contributed by atoms with Gasteiger partial charge in [0, 0.05) is 5.92 Å². The van der Waals surface area contributed by atoms with Crippen molar-refractivity contribution in [2.45, 2.75) is 59.5 Å². The van der Waals surface area contributed by atoms with Crippen molar-refractivity contribution in [3.8, 4) is 0 Å². The Bertz CT molecular complexity index is 625. The Labute approximate surface area is 138 Å². The van der Waals surface area contributed by atoms with Crippen molar-refractivity contribution in [3.05, 3.63) is 23.3 Å². The lowest BCUT2D eigenvalue weighted by Gasteiger charge is -2.28. The highest BCUT2D eigenvalue weighted by atomic mass is 16.3. The van der Waals surface area contributed by atoms with Gasteiger partial charge in [0.1, 0.15) is 0 Å². The number of carbonyl (C=O) groups excluding carboxylic acids is 2. The third kappa shape index (κ3) is 2.44. The van der Waals surface area contributed by atoms with Crippen LogP contribution in [-0.2, 0) is 9.59 Å². The van der Waals surface area contributed by atoms with E-state index >= 15 is 0 Å². The van der Waals surface area contributed by atoms with Crippen molar-refractivity contribution in [2.75, 3.05) is 0 Å².